The lowest BCUT2D eigenvalue weighted by molar-refractivity contribution is -0.158. The van der Waals surface area contributed by atoms with Gasteiger partial charge in [0.1, 0.15) is 6.61 Å². The molecule has 1 atom stereocenters. The molecule has 1 heterocycles. The number of carboxylic acids is 1. The lowest BCUT2D eigenvalue weighted by Crippen LogP contribution is -2.49. The number of ether oxygens (including phenoxy) is 2. The average molecular weight is 208 g/mol. The Morgan fingerprint density at radius 1 is 1.47 bits per heavy atom. The summed E-state index contributed by atoms with van der Waals surface area (Å²) in [6.07, 6.45) is 0. The highest BCUT2D eigenvalue weighted by atomic mass is 16.6. The number of hydrogen-bond acceptors (Lipinski definition) is 3. The van der Waals surface area contributed by atoms with E-state index >= 15 is 0 Å². The highest BCUT2D eigenvalue weighted by molar-refractivity contribution is 5.78. The molecule has 1 unspecified atom stereocenters. The van der Waals surface area contributed by atoms with E-state index in [1.807, 2.05) is 13.0 Å². The molecule has 80 valence electrons. The van der Waals surface area contributed by atoms with Gasteiger partial charge in [-0.3, -0.25) is 0 Å². The zero-order valence-corrected chi connectivity index (χ0v) is 8.61. The molecular weight excluding hydrogens is 196 g/mol. The van der Waals surface area contributed by atoms with E-state index < -0.39 is 11.6 Å². The van der Waals surface area contributed by atoms with Crippen LogP contribution in [-0.4, -0.2) is 23.3 Å². The first-order chi connectivity index (χ1) is 7.01. The molecule has 4 heteroatoms. The van der Waals surface area contributed by atoms with Crippen molar-refractivity contribution in [2.75, 3.05) is 6.61 Å². The van der Waals surface area contributed by atoms with Crippen molar-refractivity contribution in [1.82, 2.24) is 0 Å². The van der Waals surface area contributed by atoms with Crippen molar-refractivity contribution in [1.29, 1.82) is 0 Å². The molecule has 0 amide bonds. The van der Waals surface area contributed by atoms with Gasteiger partial charge in [-0.1, -0.05) is 6.07 Å². The summed E-state index contributed by atoms with van der Waals surface area (Å²) in [6, 6.07) is 5.45. The Kier molecular flexibility index (Phi) is 2.07. The Labute approximate surface area is 87.4 Å². The van der Waals surface area contributed by atoms with E-state index in [2.05, 4.69) is 0 Å². The molecule has 1 aromatic rings. The third kappa shape index (κ3) is 1.63. The fourth-order valence-corrected chi connectivity index (χ4v) is 1.41. The highest BCUT2D eigenvalue weighted by Crippen LogP contribution is 2.35. The molecule has 1 aliphatic rings. The smallest absolute Gasteiger partial charge is 0.351 e. The Balaban J connectivity index is 2.37. The van der Waals surface area contributed by atoms with Crippen molar-refractivity contribution < 1.29 is 19.4 Å². The van der Waals surface area contributed by atoms with E-state index in [4.69, 9.17) is 14.6 Å². The molecule has 0 fully saturated rings. The number of carbonyl (C=O) groups is 1. The van der Waals surface area contributed by atoms with E-state index in [0.29, 0.717) is 11.5 Å². The molecule has 0 aliphatic carbocycles. The SMILES string of the molecule is Cc1ccc2c(c1)OC(C)(C(=O)O)CO2. The first kappa shape index (κ1) is 9.83. The molecule has 0 spiro atoms. The van der Waals surface area contributed by atoms with Gasteiger partial charge in [0.2, 0.25) is 5.60 Å². The van der Waals surface area contributed by atoms with Gasteiger partial charge in [-0.15, -0.1) is 0 Å². The Morgan fingerprint density at radius 3 is 2.87 bits per heavy atom. The fraction of sp³-hybridized carbons (Fsp3) is 0.364. The van der Waals surface area contributed by atoms with Gasteiger partial charge in [0.15, 0.2) is 11.5 Å². The van der Waals surface area contributed by atoms with Crippen LogP contribution in [0.4, 0.5) is 0 Å². The molecule has 15 heavy (non-hydrogen) atoms. The Morgan fingerprint density at radius 2 is 2.20 bits per heavy atom. The second kappa shape index (κ2) is 3.15. The summed E-state index contributed by atoms with van der Waals surface area (Å²) in [7, 11) is 0. The molecule has 1 aromatic carbocycles. The highest BCUT2D eigenvalue weighted by Gasteiger charge is 2.40. The van der Waals surface area contributed by atoms with Gasteiger partial charge in [0, 0.05) is 0 Å². The number of hydrogen-bond donors (Lipinski definition) is 1. The van der Waals surface area contributed by atoms with Crippen molar-refractivity contribution in [3.8, 4) is 11.5 Å². The molecule has 2 rings (SSSR count). The summed E-state index contributed by atoms with van der Waals surface area (Å²) < 4.78 is 10.8. The normalized spacial score (nSPS) is 23.6. The van der Waals surface area contributed by atoms with Crippen molar-refractivity contribution in [2.24, 2.45) is 0 Å². The quantitative estimate of drug-likeness (QED) is 0.761. The van der Waals surface area contributed by atoms with E-state index in [-0.39, 0.29) is 6.61 Å². The van der Waals surface area contributed by atoms with Crippen molar-refractivity contribution >= 4 is 5.97 Å². The Hall–Kier alpha value is -1.71. The van der Waals surface area contributed by atoms with Gasteiger partial charge in [0.25, 0.3) is 0 Å². The van der Waals surface area contributed by atoms with Crippen LogP contribution in [0.25, 0.3) is 0 Å². The number of carboxylic acid groups (broad SMARTS) is 1. The summed E-state index contributed by atoms with van der Waals surface area (Å²) >= 11 is 0. The van der Waals surface area contributed by atoms with E-state index in [9.17, 15) is 4.79 Å². The van der Waals surface area contributed by atoms with E-state index in [1.54, 1.807) is 12.1 Å². The molecular formula is C11H12O4. The summed E-state index contributed by atoms with van der Waals surface area (Å²) in [5.41, 5.74) is -0.284. The second-order valence-corrected chi connectivity index (χ2v) is 3.88. The van der Waals surface area contributed by atoms with Crippen LogP contribution < -0.4 is 9.47 Å². The molecule has 0 aromatic heterocycles. The van der Waals surface area contributed by atoms with Crippen molar-refractivity contribution in [3.05, 3.63) is 23.8 Å². The van der Waals surface area contributed by atoms with E-state index in [1.165, 1.54) is 6.92 Å². The maximum absolute atomic E-state index is 11.0. The van der Waals surface area contributed by atoms with Gasteiger partial charge in [-0.2, -0.15) is 0 Å². The molecule has 0 bridgehead atoms. The van der Waals surface area contributed by atoms with Crippen LogP contribution >= 0.6 is 0 Å². The minimum atomic E-state index is -1.29. The number of aliphatic carboxylic acids is 1. The summed E-state index contributed by atoms with van der Waals surface area (Å²) in [4.78, 5) is 11.0. The predicted molar refractivity (Wildman–Crippen MR) is 53.3 cm³/mol. The fourth-order valence-electron chi connectivity index (χ4n) is 1.41. The average Bonchev–Trinajstić information content (AvgIpc) is 2.16. The summed E-state index contributed by atoms with van der Waals surface area (Å²) in [5.74, 6) is 0.0696. The predicted octanol–water partition coefficient (Wildman–Crippen LogP) is 1.61. The standard InChI is InChI=1S/C11H12O4/c1-7-3-4-8-9(5-7)15-11(2,6-14-8)10(12)13/h3-5H,6H2,1-2H3,(H,12,13). The first-order valence-corrected chi connectivity index (χ1v) is 4.67. The minimum Gasteiger partial charge on any atom is -0.485 e. The molecule has 4 nitrogen and oxygen atoms in total. The molecule has 1 aliphatic heterocycles. The zero-order valence-electron chi connectivity index (χ0n) is 8.61. The third-order valence-corrected chi connectivity index (χ3v) is 2.39. The Bertz CT molecular complexity index is 413. The van der Waals surface area contributed by atoms with Gasteiger partial charge in [-0.05, 0) is 31.5 Å². The molecule has 0 saturated heterocycles. The van der Waals surface area contributed by atoms with Crippen LogP contribution in [0.2, 0.25) is 0 Å². The third-order valence-electron chi connectivity index (χ3n) is 2.39. The van der Waals surface area contributed by atoms with Crippen molar-refractivity contribution in [3.63, 3.8) is 0 Å². The monoisotopic (exact) mass is 208 g/mol. The van der Waals surface area contributed by atoms with Crippen LogP contribution in [0.3, 0.4) is 0 Å². The molecule has 0 saturated carbocycles. The van der Waals surface area contributed by atoms with Crippen LogP contribution in [0.15, 0.2) is 18.2 Å². The van der Waals surface area contributed by atoms with Gasteiger partial charge in [0.05, 0.1) is 0 Å². The van der Waals surface area contributed by atoms with Gasteiger partial charge < -0.3 is 14.6 Å². The van der Waals surface area contributed by atoms with Gasteiger partial charge in [-0.25, -0.2) is 4.79 Å². The topological polar surface area (TPSA) is 55.8 Å². The number of aryl methyl sites for hydroxylation is 1. The van der Waals surface area contributed by atoms with Crippen LogP contribution in [0.1, 0.15) is 12.5 Å². The zero-order chi connectivity index (χ0) is 11.1. The molecule has 1 N–H and O–H groups in total. The van der Waals surface area contributed by atoms with Gasteiger partial charge >= 0.3 is 5.97 Å². The van der Waals surface area contributed by atoms with Crippen LogP contribution in [-0.2, 0) is 4.79 Å². The lowest BCUT2D eigenvalue weighted by Gasteiger charge is -2.32. The van der Waals surface area contributed by atoms with Crippen molar-refractivity contribution in [2.45, 2.75) is 19.4 Å². The number of rotatable bonds is 1. The van der Waals surface area contributed by atoms with Crippen LogP contribution in [0.5, 0.6) is 11.5 Å². The number of fused-ring (bicyclic) bond motifs is 1. The van der Waals surface area contributed by atoms with Crippen LogP contribution in [0, 0.1) is 6.92 Å². The number of benzene rings is 1. The van der Waals surface area contributed by atoms with E-state index in [0.717, 1.165) is 5.56 Å². The second-order valence-electron chi connectivity index (χ2n) is 3.88. The molecule has 0 radical (unpaired) electrons. The largest absolute Gasteiger partial charge is 0.485 e. The minimum absolute atomic E-state index is 0.0262. The summed E-state index contributed by atoms with van der Waals surface area (Å²) in [6.45, 7) is 3.44. The maximum Gasteiger partial charge on any atom is 0.351 e. The first-order valence-electron chi connectivity index (χ1n) is 4.67. The lowest BCUT2D eigenvalue weighted by atomic mass is 10.1. The maximum atomic E-state index is 11.0. The summed E-state index contributed by atoms with van der Waals surface area (Å²) in [5, 5.41) is 8.99.